The number of carbonyl (C=O) groups is 1. The summed E-state index contributed by atoms with van der Waals surface area (Å²) >= 11 is 1.42. The van der Waals surface area contributed by atoms with Crippen molar-refractivity contribution >= 4 is 18.0 Å². The molecule has 1 aliphatic rings. The standard InChI is InChI=1S/C4H8N2O2S/c1-8-4(7)6-5-2-3-9-6/h5H,2-3H2,1H3. The van der Waals surface area contributed by atoms with Crippen LogP contribution in [0, 0.1) is 0 Å². The van der Waals surface area contributed by atoms with Gasteiger partial charge in [-0.3, -0.25) is 0 Å². The molecule has 1 amide bonds. The van der Waals surface area contributed by atoms with Gasteiger partial charge in [0.25, 0.3) is 0 Å². The Bertz CT molecular complexity index is 113. The third-order valence-electron chi connectivity index (χ3n) is 0.918. The molecule has 1 heterocycles. The molecule has 52 valence electrons. The van der Waals surface area contributed by atoms with Crippen LogP contribution in [-0.4, -0.2) is 29.9 Å². The summed E-state index contributed by atoms with van der Waals surface area (Å²) in [5.41, 5.74) is 2.83. The Morgan fingerprint density at radius 3 is 3.11 bits per heavy atom. The Morgan fingerprint density at radius 2 is 2.67 bits per heavy atom. The highest BCUT2D eigenvalue weighted by Crippen LogP contribution is 2.12. The molecule has 0 aromatic heterocycles. The minimum absolute atomic E-state index is 0.336. The maximum atomic E-state index is 10.6. The lowest BCUT2D eigenvalue weighted by molar-refractivity contribution is 0.143. The van der Waals surface area contributed by atoms with E-state index in [0.29, 0.717) is 0 Å². The molecule has 0 radical (unpaired) electrons. The summed E-state index contributed by atoms with van der Waals surface area (Å²) in [5, 5.41) is 0. The van der Waals surface area contributed by atoms with Gasteiger partial charge in [0.15, 0.2) is 0 Å². The number of methoxy groups -OCH3 is 1. The SMILES string of the molecule is COC(=O)N1NCCS1. The number of hydrogen-bond acceptors (Lipinski definition) is 4. The number of hydrogen-bond donors (Lipinski definition) is 1. The highest BCUT2D eigenvalue weighted by molar-refractivity contribution is 7.97. The maximum Gasteiger partial charge on any atom is 0.434 e. The van der Waals surface area contributed by atoms with Gasteiger partial charge in [0.1, 0.15) is 0 Å². The van der Waals surface area contributed by atoms with Crippen molar-refractivity contribution in [3.8, 4) is 0 Å². The molecule has 1 fully saturated rings. The maximum absolute atomic E-state index is 10.6. The lowest BCUT2D eigenvalue weighted by atomic mass is 10.8. The largest absolute Gasteiger partial charge is 0.451 e. The van der Waals surface area contributed by atoms with Crippen molar-refractivity contribution in [1.82, 2.24) is 9.84 Å². The topological polar surface area (TPSA) is 41.6 Å². The summed E-state index contributed by atoms with van der Waals surface area (Å²) in [6.45, 7) is 0.833. The molecule has 9 heavy (non-hydrogen) atoms. The Balaban J connectivity index is 2.32. The number of nitrogens with zero attached hydrogens (tertiary/aromatic N) is 1. The Hall–Kier alpha value is -0.420. The first kappa shape index (κ1) is 6.70. The van der Waals surface area contributed by atoms with Gasteiger partial charge in [-0.1, -0.05) is 0 Å². The van der Waals surface area contributed by atoms with E-state index < -0.39 is 0 Å². The monoisotopic (exact) mass is 148 g/mol. The van der Waals surface area contributed by atoms with Gasteiger partial charge in [0, 0.05) is 12.3 Å². The van der Waals surface area contributed by atoms with Crippen LogP contribution in [0.5, 0.6) is 0 Å². The molecule has 1 N–H and O–H groups in total. The molecular weight excluding hydrogens is 140 g/mol. The fraction of sp³-hybridized carbons (Fsp3) is 0.750. The first-order valence-corrected chi connectivity index (χ1v) is 3.53. The lowest BCUT2D eigenvalue weighted by Gasteiger charge is -2.10. The number of hydrazine groups is 1. The third-order valence-corrected chi connectivity index (χ3v) is 1.84. The Labute approximate surface area is 57.6 Å². The van der Waals surface area contributed by atoms with Crippen molar-refractivity contribution in [1.29, 1.82) is 0 Å². The molecule has 1 aliphatic heterocycles. The molecule has 0 bridgehead atoms. The first-order valence-electron chi connectivity index (χ1n) is 2.59. The van der Waals surface area contributed by atoms with Crippen LogP contribution >= 0.6 is 11.9 Å². The minimum atomic E-state index is -0.336. The average molecular weight is 148 g/mol. The van der Waals surface area contributed by atoms with Crippen LogP contribution in [0.3, 0.4) is 0 Å². The second-order valence-corrected chi connectivity index (χ2v) is 2.54. The fourth-order valence-corrected chi connectivity index (χ4v) is 1.26. The summed E-state index contributed by atoms with van der Waals surface area (Å²) in [7, 11) is 1.36. The van der Waals surface area contributed by atoms with Crippen LogP contribution in [0.15, 0.2) is 0 Å². The van der Waals surface area contributed by atoms with Gasteiger partial charge in [0.2, 0.25) is 0 Å². The summed E-state index contributed by atoms with van der Waals surface area (Å²) < 4.78 is 5.83. The Kier molecular flexibility index (Phi) is 2.18. The van der Waals surface area contributed by atoms with E-state index in [4.69, 9.17) is 0 Å². The predicted molar refractivity (Wildman–Crippen MR) is 34.7 cm³/mol. The highest BCUT2D eigenvalue weighted by atomic mass is 32.2. The van der Waals surface area contributed by atoms with Gasteiger partial charge >= 0.3 is 6.09 Å². The third kappa shape index (κ3) is 1.49. The number of nitrogens with one attached hydrogen (secondary N) is 1. The van der Waals surface area contributed by atoms with Gasteiger partial charge in [-0.25, -0.2) is 10.2 Å². The van der Waals surface area contributed by atoms with Crippen molar-refractivity contribution in [2.24, 2.45) is 0 Å². The van der Waals surface area contributed by atoms with Crippen LogP contribution in [0.1, 0.15) is 0 Å². The van der Waals surface area contributed by atoms with Gasteiger partial charge < -0.3 is 4.74 Å². The van der Waals surface area contributed by atoms with Crippen LogP contribution < -0.4 is 5.43 Å². The summed E-state index contributed by atoms with van der Waals surface area (Å²) in [4.78, 5) is 10.6. The second kappa shape index (κ2) is 2.93. The lowest BCUT2D eigenvalue weighted by Crippen LogP contribution is -2.32. The van der Waals surface area contributed by atoms with Gasteiger partial charge in [0.05, 0.1) is 7.11 Å². The van der Waals surface area contributed by atoms with E-state index in [1.54, 1.807) is 0 Å². The summed E-state index contributed by atoms with van der Waals surface area (Å²) in [6, 6.07) is 0. The van der Waals surface area contributed by atoms with E-state index >= 15 is 0 Å². The molecule has 0 unspecified atom stereocenters. The van der Waals surface area contributed by atoms with Gasteiger partial charge in [-0.2, -0.15) is 4.41 Å². The van der Waals surface area contributed by atoms with E-state index in [1.807, 2.05) is 0 Å². The number of rotatable bonds is 0. The van der Waals surface area contributed by atoms with Crippen LogP contribution in [0.4, 0.5) is 4.79 Å². The van der Waals surface area contributed by atoms with Crippen LogP contribution in [0.2, 0.25) is 0 Å². The average Bonchev–Trinajstić information content (AvgIpc) is 2.37. The van der Waals surface area contributed by atoms with Crippen molar-refractivity contribution < 1.29 is 9.53 Å². The molecule has 0 aromatic carbocycles. The molecule has 0 atom stereocenters. The van der Waals surface area contributed by atoms with Crippen LogP contribution in [-0.2, 0) is 4.74 Å². The highest BCUT2D eigenvalue weighted by Gasteiger charge is 2.18. The molecule has 1 saturated heterocycles. The van der Waals surface area contributed by atoms with Gasteiger partial charge in [-0.15, -0.1) is 0 Å². The van der Waals surface area contributed by atoms with E-state index in [2.05, 4.69) is 10.2 Å². The predicted octanol–water partition coefficient (Wildman–Crippen LogP) is 0.221. The first-order chi connectivity index (χ1) is 4.34. The number of carbonyl (C=O) groups excluding carboxylic acids is 1. The quantitative estimate of drug-likeness (QED) is 0.499. The smallest absolute Gasteiger partial charge is 0.434 e. The van der Waals surface area contributed by atoms with E-state index in [9.17, 15) is 4.79 Å². The molecule has 5 heteroatoms. The van der Waals surface area contributed by atoms with Crippen molar-refractivity contribution in [3.63, 3.8) is 0 Å². The van der Waals surface area contributed by atoms with Crippen molar-refractivity contribution in [3.05, 3.63) is 0 Å². The normalized spacial score (nSPS) is 18.1. The Morgan fingerprint density at radius 1 is 1.89 bits per heavy atom. The molecule has 0 spiro atoms. The minimum Gasteiger partial charge on any atom is -0.451 e. The molecule has 0 aliphatic carbocycles. The second-order valence-electron chi connectivity index (χ2n) is 1.51. The van der Waals surface area contributed by atoms with E-state index in [-0.39, 0.29) is 6.09 Å². The number of ether oxygens (including phenoxy) is 1. The zero-order chi connectivity index (χ0) is 6.69. The molecular formula is C4H8N2O2S. The molecule has 0 saturated carbocycles. The van der Waals surface area contributed by atoms with Crippen molar-refractivity contribution in [2.75, 3.05) is 19.4 Å². The summed E-state index contributed by atoms with van der Waals surface area (Å²) in [5.74, 6) is 0.926. The van der Waals surface area contributed by atoms with Crippen molar-refractivity contribution in [2.45, 2.75) is 0 Å². The summed E-state index contributed by atoms with van der Waals surface area (Å²) in [6.07, 6.45) is -0.336. The zero-order valence-electron chi connectivity index (χ0n) is 5.09. The van der Waals surface area contributed by atoms with E-state index in [1.165, 1.54) is 23.5 Å². The fourth-order valence-electron chi connectivity index (χ4n) is 0.530. The van der Waals surface area contributed by atoms with Gasteiger partial charge in [-0.05, 0) is 11.9 Å². The molecule has 4 nitrogen and oxygen atoms in total. The zero-order valence-corrected chi connectivity index (χ0v) is 5.90. The molecule has 0 aromatic rings. The number of amides is 1. The van der Waals surface area contributed by atoms with Crippen LogP contribution in [0.25, 0.3) is 0 Å². The molecule has 1 rings (SSSR count). The van der Waals surface area contributed by atoms with E-state index in [0.717, 1.165) is 12.3 Å².